The zero-order valence-electron chi connectivity index (χ0n) is 11.4. The predicted octanol–water partition coefficient (Wildman–Crippen LogP) is 0.595. The van der Waals surface area contributed by atoms with Crippen molar-refractivity contribution in [1.29, 1.82) is 5.26 Å². The van der Waals surface area contributed by atoms with Gasteiger partial charge >= 0.3 is 0 Å². The lowest BCUT2D eigenvalue weighted by Gasteiger charge is -2.29. The Morgan fingerprint density at radius 3 is 2.56 bits per heavy atom. The Morgan fingerprint density at radius 1 is 1.39 bits per heavy atom. The molecule has 0 aromatic heterocycles. The minimum absolute atomic E-state index is 0.00523. The molecule has 1 N–H and O–H groups in total. The molecule has 0 radical (unpaired) electrons. The van der Waals surface area contributed by atoms with Crippen LogP contribution in [0.2, 0.25) is 0 Å². The van der Waals surface area contributed by atoms with Crippen molar-refractivity contribution < 1.29 is 9.90 Å². The van der Waals surface area contributed by atoms with Crippen molar-refractivity contribution in [2.45, 2.75) is 37.7 Å². The van der Waals surface area contributed by atoms with Gasteiger partial charge in [0.05, 0.1) is 24.6 Å². The first-order valence-corrected chi connectivity index (χ1v) is 6.49. The van der Waals surface area contributed by atoms with Gasteiger partial charge in [-0.3, -0.25) is 9.69 Å². The van der Waals surface area contributed by atoms with Crippen molar-refractivity contribution in [3.8, 4) is 6.07 Å². The lowest BCUT2D eigenvalue weighted by molar-refractivity contribution is -0.131. The van der Waals surface area contributed by atoms with Gasteiger partial charge in [-0.15, -0.1) is 0 Å². The fraction of sp³-hybridized carbons (Fsp3) is 0.846. The average Bonchev–Trinajstić information content (AvgIpc) is 2.71. The van der Waals surface area contributed by atoms with Gasteiger partial charge in [-0.25, -0.2) is 0 Å². The summed E-state index contributed by atoms with van der Waals surface area (Å²) in [5.74, 6) is -0.00523. The predicted molar refractivity (Wildman–Crippen MR) is 68.8 cm³/mol. The molecule has 1 fully saturated rings. The monoisotopic (exact) mass is 253 g/mol. The first kappa shape index (κ1) is 14.9. The lowest BCUT2D eigenvalue weighted by atomic mass is 10.0. The SMILES string of the molecule is CN(CC(=O)N(C)CCC#N)CC1(O)CCCC1. The molecule has 0 aromatic rings. The number of carbonyl (C=O) groups is 1. The van der Waals surface area contributed by atoms with Gasteiger partial charge in [-0.2, -0.15) is 5.26 Å². The van der Waals surface area contributed by atoms with Gasteiger partial charge in [0.15, 0.2) is 0 Å². The zero-order valence-corrected chi connectivity index (χ0v) is 11.4. The molecule has 0 unspecified atom stereocenters. The van der Waals surface area contributed by atoms with Crippen molar-refractivity contribution in [2.75, 3.05) is 33.7 Å². The van der Waals surface area contributed by atoms with Crippen LogP contribution in [0.15, 0.2) is 0 Å². The maximum absolute atomic E-state index is 11.8. The van der Waals surface area contributed by atoms with Crippen LogP contribution < -0.4 is 0 Å². The molecule has 1 aliphatic rings. The number of carbonyl (C=O) groups excluding carboxylic acids is 1. The molecule has 0 atom stereocenters. The fourth-order valence-electron chi connectivity index (χ4n) is 2.44. The molecule has 5 nitrogen and oxygen atoms in total. The summed E-state index contributed by atoms with van der Waals surface area (Å²) < 4.78 is 0. The standard InChI is InChI=1S/C13H23N3O2/c1-15(11-13(18)6-3-4-7-13)10-12(17)16(2)9-5-8-14/h18H,3-7,9-11H2,1-2H3. The van der Waals surface area contributed by atoms with Gasteiger partial charge in [0.25, 0.3) is 0 Å². The first-order valence-electron chi connectivity index (χ1n) is 6.49. The molecule has 0 bridgehead atoms. The van der Waals surface area contributed by atoms with Crippen LogP contribution in [0.3, 0.4) is 0 Å². The molecule has 1 rings (SSSR count). The molecule has 0 aromatic carbocycles. The number of hydrogen-bond donors (Lipinski definition) is 1. The molecule has 1 amide bonds. The third-order valence-corrected chi connectivity index (χ3v) is 3.49. The van der Waals surface area contributed by atoms with Crippen LogP contribution in [0.25, 0.3) is 0 Å². The van der Waals surface area contributed by atoms with Crippen molar-refractivity contribution in [1.82, 2.24) is 9.80 Å². The summed E-state index contributed by atoms with van der Waals surface area (Å²) in [6, 6.07) is 2.02. The molecule has 1 saturated carbocycles. The van der Waals surface area contributed by atoms with Gasteiger partial charge in [-0.05, 0) is 19.9 Å². The molecule has 0 aliphatic heterocycles. The minimum Gasteiger partial charge on any atom is -0.389 e. The van der Waals surface area contributed by atoms with E-state index < -0.39 is 5.60 Å². The van der Waals surface area contributed by atoms with E-state index in [1.54, 1.807) is 11.9 Å². The molecule has 0 saturated heterocycles. The molecule has 18 heavy (non-hydrogen) atoms. The highest BCUT2D eigenvalue weighted by molar-refractivity contribution is 5.77. The smallest absolute Gasteiger partial charge is 0.236 e. The van der Waals surface area contributed by atoms with Gasteiger partial charge in [0.1, 0.15) is 0 Å². The second-order valence-electron chi connectivity index (χ2n) is 5.33. The Balaban J connectivity index is 2.33. The molecular formula is C13H23N3O2. The number of aliphatic hydroxyl groups is 1. The number of nitrogens with zero attached hydrogens (tertiary/aromatic N) is 3. The van der Waals surface area contributed by atoms with Crippen molar-refractivity contribution in [3.63, 3.8) is 0 Å². The van der Waals surface area contributed by atoms with Gasteiger partial charge in [0, 0.05) is 20.1 Å². The van der Waals surface area contributed by atoms with E-state index in [-0.39, 0.29) is 5.91 Å². The largest absolute Gasteiger partial charge is 0.389 e. The van der Waals surface area contributed by atoms with Crippen LogP contribution in [0.1, 0.15) is 32.1 Å². The Hall–Kier alpha value is -1.12. The Labute approximate surface area is 109 Å². The number of rotatable bonds is 6. The third kappa shape index (κ3) is 4.63. The quantitative estimate of drug-likeness (QED) is 0.752. The highest BCUT2D eigenvalue weighted by Crippen LogP contribution is 2.29. The van der Waals surface area contributed by atoms with Crippen molar-refractivity contribution in [2.24, 2.45) is 0 Å². The summed E-state index contributed by atoms with van der Waals surface area (Å²) >= 11 is 0. The van der Waals surface area contributed by atoms with E-state index in [0.29, 0.717) is 26.1 Å². The fourth-order valence-corrected chi connectivity index (χ4v) is 2.44. The molecule has 0 spiro atoms. The van der Waals surface area contributed by atoms with E-state index in [2.05, 4.69) is 0 Å². The average molecular weight is 253 g/mol. The summed E-state index contributed by atoms with van der Waals surface area (Å²) in [7, 11) is 3.56. The van der Waals surface area contributed by atoms with Crippen LogP contribution in [-0.2, 0) is 4.79 Å². The maximum atomic E-state index is 11.8. The lowest BCUT2D eigenvalue weighted by Crippen LogP contribution is -2.44. The number of hydrogen-bond acceptors (Lipinski definition) is 4. The number of amides is 1. The molecule has 0 heterocycles. The van der Waals surface area contributed by atoms with E-state index in [0.717, 1.165) is 25.7 Å². The van der Waals surface area contributed by atoms with Crippen LogP contribution >= 0.6 is 0 Å². The van der Waals surface area contributed by atoms with E-state index in [9.17, 15) is 9.90 Å². The van der Waals surface area contributed by atoms with Crippen LogP contribution in [-0.4, -0.2) is 60.1 Å². The molecular weight excluding hydrogens is 230 g/mol. The molecule has 1 aliphatic carbocycles. The van der Waals surface area contributed by atoms with Gasteiger partial charge in [0.2, 0.25) is 5.91 Å². The maximum Gasteiger partial charge on any atom is 0.236 e. The zero-order chi connectivity index (χ0) is 13.6. The third-order valence-electron chi connectivity index (χ3n) is 3.49. The number of nitriles is 1. The second-order valence-corrected chi connectivity index (χ2v) is 5.33. The first-order chi connectivity index (χ1) is 8.47. The van der Waals surface area contributed by atoms with Crippen LogP contribution in [0, 0.1) is 11.3 Å². The van der Waals surface area contributed by atoms with Gasteiger partial charge < -0.3 is 10.0 Å². The minimum atomic E-state index is -0.611. The highest BCUT2D eigenvalue weighted by atomic mass is 16.3. The van der Waals surface area contributed by atoms with E-state index in [1.165, 1.54) is 0 Å². The second kappa shape index (κ2) is 6.72. The van der Waals surface area contributed by atoms with Gasteiger partial charge in [-0.1, -0.05) is 12.8 Å². The summed E-state index contributed by atoms with van der Waals surface area (Å²) in [5.41, 5.74) is -0.611. The Bertz CT molecular complexity index is 319. The van der Waals surface area contributed by atoms with Crippen molar-refractivity contribution >= 4 is 5.91 Å². The summed E-state index contributed by atoms with van der Waals surface area (Å²) in [4.78, 5) is 15.3. The summed E-state index contributed by atoms with van der Waals surface area (Å²) in [5, 5.41) is 18.7. The Morgan fingerprint density at radius 2 is 2.00 bits per heavy atom. The summed E-state index contributed by atoms with van der Waals surface area (Å²) in [6.07, 6.45) is 4.15. The van der Waals surface area contributed by atoms with E-state index in [1.807, 2.05) is 18.0 Å². The summed E-state index contributed by atoms with van der Waals surface area (Å²) in [6.45, 7) is 1.31. The van der Waals surface area contributed by atoms with Crippen LogP contribution in [0.5, 0.6) is 0 Å². The Kier molecular flexibility index (Phi) is 5.57. The van der Waals surface area contributed by atoms with E-state index in [4.69, 9.17) is 5.26 Å². The normalized spacial score (nSPS) is 17.7. The van der Waals surface area contributed by atoms with E-state index >= 15 is 0 Å². The topological polar surface area (TPSA) is 67.6 Å². The highest BCUT2D eigenvalue weighted by Gasteiger charge is 2.32. The van der Waals surface area contributed by atoms with Crippen molar-refractivity contribution in [3.05, 3.63) is 0 Å². The number of likely N-dealkylation sites (N-methyl/N-ethyl adjacent to an activating group) is 2. The van der Waals surface area contributed by atoms with Crippen LogP contribution in [0.4, 0.5) is 0 Å². The molecule has 102 valence electrons. The molecule has 5 heteroatoms.